The average molecular weight is 433 g/mol. The maximum Gasteiger partial charge on any atom is 0.271 e. The van der Waals surface area contributed by atoms with Crippen LogP contribution in [0, 0.1) is 15.9 Å². The number of non-ortho nitro benzene ring substituents is 1. The Morgan fingerprint density at radius 1 is 1.14 bits per heavy atom. The second-order valence-electron chi connectivity index (χ2n) is 6.81. The number of benzene rings is 2. The van der Waals surface area contributed by atoms with Crippen LogP contribution >= 0.6 is 22.9 Å². The van der Waals surface area contributed by atoms with Crippen LogP contribution in [0.1, 0.15) is 5.69 Å². The standard InChI is InChI=1S/C20H18ClFN4O2S/c21-18-11-17(26(27)28)5-6-19(18)25-9-7-24(8-10-25)12-16-13-29-20(23-16)14-1-3-15(22)4-2-14/h1-6,11,13H,7-10,12H2. The number of thiazole rings is 1. The van der Waals surface area contributed by atoms with E-state index in [0.717, 1.165) is 54.7 Å². The van der Waals surface area contributed by atoms with Crippen molar-refractivity contribution in [3.05, 3.63) is 74.5 Å². The van der Waals surface area contributed by atoms with Crippen molar-refractivity contribution in [2.75, 3.05) is 31.1 Å². The minimum absolute atomic E-state index is 0.00197. The van der Waals surface area contributed by atoms with Gasteiger partial charge >= 0.3 is 0 Å². The Hall–Kier alpha value is -2.55. The maximum absolute atomic E-state index is 13.1. The second kappa shape index (κ2) is 8.44. The fraction of sp³-hybridized carbons (Fsp3) is 0.250. The van der Waals surface area contributed by atoms with Gasteiger partial charge in [-0.05, 0) is 30.3 Å². The number of nitro groups is 1. The number of rotatable bonds is 5. The van der Waals surface area contributed by atoms with Gasteiger partial charge in [-0.3, -0.25) is 15.0 Å². The number of aromatic nitrogens is 1. The summed E-state index contributed by atoms with van der Waals surface area (Å²) in [6, 6.07) is 11.0. The van der Waals surface area contributed by atoms with Crippen molar-refractivity contribution in [1.82, 2.24) is 9.88 Å². The first-order chi connectivity index (χ1) is 14.0. The van der Waals surface area contributed by atoms with Crippen LogP contribution < -0.4 is 4.90 Å². The number of nitro benzene ring substituents is 1. The summed E-state index contributed by atoms with van der Waals surface area (Å²) in [7, 11) is 0. The predicted octanol–water partition coefficient (Wildman–Crippen LogP) is 4.83. The van der Waals surface area contributed by atoms with Gasteiger partial charge in [-0.2, -0.15) is 0 Å². The molecule has 1 saturated heterocycles. The molecule has 6 nitrogen and oxygen atoms in total. The molecule has 0 saturated carbocycles. The zero-order chi connectivity index (χ0) is 20.4. The van der Waals surface area contributed by atoms with Crippen LogP contribution in [0.3, 0.4) is 0 Å². The molecule has 1 fully saturated rings. The predicted molar refractivity (Wildman–Crippen MR) is 113 cm³/mol. The van der Waals surface area contributed by atoms with Crippen molar-refractivity contribution in [2.45, 2.75) is 6.54 Å². The molecule has 0 radical (unpaired) electrons. The lowest BCUT2D eigenvalue weighted by molar-refractivity contribution is -0.384. The van der Waals surface area contributed by atoms with Gasteiger partial charge in [-0.25, -0.2) is 9.37 Å². The first-order valence-electron chi connectivity index (χ1n) is 9.11. The van der Waals surface area contributed by atoms with Gasteiger partial charge in [0.05, 0.1) is 21.3 Å². The van der Waals surface area contributed by atoms with E-state index in [0.29, 0.717) is 5.02 Å². The third-order valence-electron chi connectivity index (χ3n) is 4.88. The fourth-order valence-corrected chi connectivity index (χ4v) is 4.46. The SMILES string of the molecule is O=[N+]([O-])c1ccc(N2CCN(Cc3csc(-c4ccc(F)cc4)n3)CC2)c(Cl)c1. The summed E-state index contributed by atoms with van der Waals surface area (Å²) in [5.74, 6) is -0.253. The second-order valence-corrected chi connectivity index (χ2v) is 8.07. The Kier molecular flexibility index (Phi) is 5.75. The summed E-state index contributed by atoms with van der Waals surface area (Å²) in [5, 5.41) is 14.2. The Morgan fingerprint density at radius 2 is 1.86 bits per heavy atom. The molecule has 9 heteroatoms. The van der Waals surface area contributed by atoms with Crippen LogP contribution in [0.25, 0.3) is 10.6 Å². The highest BCUT2D eigenvalue weighted by Crippen LogP contribution is 2.31. The van der Waals surface area contributed by atoms with Gasteiger partial charge in [0.15, 0.2) is 0 Å². The van der Waals surface area contributed by atoms with Gasteiger partial charge in [0.1, 0.15) is 10.8 Å². The molecule has 0 atom stereocenters. The van der Waals surface area contributed by atoms with Crippen molar-refractivity contribution in [1.29, 1.82) is 0 Å². The van der Waals surface area contributed by atoms with Gasteiger partial charge in [-0.1, -0.05) is 11.6 Å². The van der Waals surface area contributed by atoms with Gasteiger partial charge in [0, 0.05) is 55.8 Å². The van der Waals surface area contributed by atoms with E-state index in [1.54, 1.807) is 29.5 Å². The van der Waals surface area contributed by atoms with Gasteiger partial charge in [0.2, 0.25) is 0 Å². The van der Waals surface area contributed by atoms with Gasteiger partial charge < -0.3 is 4.90 Å². The van der Waals surface area contributed by atoms with Crippen molar-refractivity contribution in [2.24, 2.45) is 0 Å². The van der Waals surface area contributed by atoms with Crippen LogP contribution in [0.2, 0.25) is 5.02 Å². The number of piperazine rings is 1. The summed E-state index contributed by atoms with van der Waals surface area (Å²) in [4.78, 5) is 19.6. The van der Waals surface area contributed by atoms with Crippen LogP contribution in [0.4, 0.5) is 15.8 Å². The molecule has 4 rings (SSSR count). The molecule has 3 aromatic rings. The smallest absolute Gasteiger partial charge is 0.271 e. The van der Waals surface area contributed by atoms with E-state index in [2.05, 4.69) is 14.8 Å². The van der Waals surface area contributed by atoms with Crippen LogP contribution in [-0.2, 0) is 6.54 Å². The van der Waals surface area contributed by atoms with E-state index in [9.17, 15) is 14.5 Å². The molecule has 0 unspecified atom stereocenters. The summed E-state index contributed by atoms with van der Waals surface area (Å²) < 4.78 is 13.1. The molecule has 0 amide bonds. The quantitative estimate of drug-likeness (QED) is 0.426. The van der Waals surface area contributed by atoms with E-state index < -0.39 is 4.92 Å². The molecular formula is C20H18ClFN4O2S. The molecule has 0 spiro atoms. The minimum Gasteiger partial charge on any atom is -0.368 e. The number of anilines is 1. The van der Waals surface area contributed by atoms with Crippen molar-refractivity contribution >= 4 is 34.3 Å². The fourth-order valence-electron chi connectivity index (χ4n) is 3.35. The van der Waals surface area contributed by atoms with Crippen LogP contribution in [0.15, 0.2) is 47.8 Å². The van der Waals surface area contributed by atoms with E-state index in [1.807, 2.05) is 5.38 Å². The molecule has 1 aliphatic heterocycles. The maximum atomic E-state index is 13.1. The zero-order valence-electron chi connectivity index (χ0n) is 15.4. The Bertz CT molecular complexity index is 1020. The topological polar surface area (TPSA) is 62.5 Å². The van der Waals surface area contributed by atoms with E-state index in [1.165, 1.54) is 24.3 Å². The Labute approximate surface area is 176 Å². The Morgan fingerprint density at radius 3 is 2.52 bits per heavy atom. The monoisotopic (exact) mass is 432 g/mol. The molecule has 2 aromatic carbocycles. The lowest BCUT2D eigenvalue weighted by Crippen LogP contribution is -2.46. The first kappa shape index (κ1) is 19.8. The summed E-state index contributed by atoms with van der Waals surface area (Å²) in [6.45, 7) is 4.01. The summed E-state index contributed by atoms with van der Waals surface area (Å²) in [5.41, 5.74) is 2.73. The van der Waals surface area contributed by atoms with Crippen molar-refractivity contribution in [3.63, 3.8) is 0 Å². The molecule has 150 valence electrons. The first-order valence-corrected chi connectivity index (χ1v) is 10.4. The number of nitrogens with zero attached hydrogens (tertiary/aromatic N) is 4. The van der Waals surface area contributed by atoms with Crippen LogP contribution in [0.5, 0.6) is 0 Å². The summed E-state index contributed by atoms with van der Waals surface area (Å²) >= 11 is 7.81. The van der Waals surface area contributed by atoms with E-state index in [-0.39, 0.29) is 11.5 Å². The largest absolute Gasteiger partial charge is 0.368 e. The van der Waals surface area contributed by atoms with Crippen LogP contribution in [-0.4, -0.2) is 41.0 Å². The number of halogens is 2. The van der Waals surface area contributed by atoms with E-state index in [4.69, 9.17) is 11.6 Å². The molecule has 0 bridgehead atoms. The van der Waals surface area contributed by atoms with Crippen molar-refractivity contribution < 1.29 is 9.31 Å². The molecule has 0 aliphatic carbocycles. The van der Waals surface area contributed by atoms with E-state index >= 15 is 0 Å². The molecule has 1 aliphatic rings. The normalized spacial score (nSPS) is 14.9. The lowest BCUT2D eigenvalue weighted by Gasteiger charge is -2.36. The average Bonchev–Trinajstić information content (AvgIpc) is 3.17. The Balaban J connectivity index is 1.36. The summed E-state index contributed by atoms with van der Waals surface area (Å²) in [6.07, 6.45) is 0. The number of hydrogen-bond acceptors (Lipinski definition) is 6. The zero-order valence-corrected chi connectivity index (χ0v) is 17.0. The van der Waals surface area contributed by atoms with Gasteiger partial charge in [-0.15, -0.1) is 11.3 Å². The molecule has 2 heterocycles. The lowest BCUT2D eigenvalue weighted by atomic mass is 10.2. The third-order valence-corrected chi connectivity index (χ3v) is 6.13. The third kappa shape index (κ3) is 4.55. The molecular weight excluding hydrogens is 415 g/mol. The van der Waals surface area contributed by atoms with Gasteiger partial charge in [0.25, 0.3) is 5.69 Å². The van der Waals surface area contributed by atoms with Crippen molar-refractivity contribution in [3.8, 4) is 10.6 Å². The molecule has 29 heavy (non-hydrogen) atoms. The number of hydrogen-bond donors (Lipinski definition) is 0. The highest BCUT2D eigenvalue weighted by Gasteiger charge is 2.21. The molecule has 0 N–H and O–H groups in total. The molecule has 1 aromatic heterocycles. The highest BCUT2D eigenvalue weighted by atomic mass is 35.5. The highest BCUT2D eigenvalue weighted by molar-refractivity contribution is 7.13. The minimum atomic E-state index is -0.443.